The van der Waals surface area contributed by atoms with Crippen LogP contribution in [0, 0.1) is 0 Å². The SMILES string of the molecule is COc1ccc(CCC(=O)N2CCCCC2C(C)N)cc1. The maximum Gasteiger partial charge on any atom is 0.223 e. The highest BCUT2D eigenvalue weighted by Crippen LogP contribution is 2.21. The highest BCUT2D eigenvalue weighted by molar-refractivity contribution is 5.77. The van der Waals surface area contributed by atoms with Gasteiger partial charge in [-0.2, -0.15) is 0 Å². The first kappa shape index (κ1) is 15.8. The van der Waals surface area contributed by atoms with Crippen molar-refractivity contribution in [1.29, 1.82) is 0 Å². The molecule has 116 valence electrons. The average Bonchev–Trinajstić information content (AvgIpc) is 2.53. The number of benzene rings is 1. The van der Waals surface area contributed by atoms with Crippen molar-refractivity contribution in [3.63, 3.8) is 0 Å². The fourth-order valence-corrected chi connectivity index (χ4v) is 3.00. The van der Waals surface area contributed by atoms with E-state index in [2.05, 4.69) is 0 Å². The number of nitrogens with zero attached hydrogens (tertiary/aromatic N) is 1. The number of rotatable bonds is 5. The molecule has 1 heterocycles. The fraction of sp³-hybridized carbons (Fsp3) is 0.588. The molecule has 2 unspecified atom stereocenters. The molecule has 4 nitrogen and oxygen atoms in total. The summed E-state index contributed by atoms with van der Waals surface area (Å²) in [6, 6.07) is 8.17. The Kier molecular flexibility index (Phi) is 5.62. The zero-order valence-electron chi connectivity index (χ0n) is 13.0. The third-order valence-corrected chi connectivity index (χ3v) is 4.26. The van der Waals surface area contributed by atoms with Gasteiger partial charge < -0.3 is 15.4 Å². The molecule has 2 atom stereocenters. The summed E-state index contributed by atoms with van der Waals surface area (Å²) in [5.41, 5.74) is 7.19. The number of hydrogen-bond donors (Lipinski definition) is 1. The smallest absolute Gasteiger partial charge is 0.223 e. The van der Waals surface area contributed by atoms with Gasteiger partial charge in [-0.1, -0.05) is 12.1 Å². The van der Waals surface area contributed by atoms with Crippen molar-refractivity contribution in [3.05, 3.63) is 29.8 Å². The van der Waals surface area contributed by atoms with E-state index in [0.717, 1.165) is 31.6 Å². The first-order valence-corrected chi connectivity index (χ1v) is 7.80. The van der Waals surface area contributed by atoms with Gasteiger partial charge in [-0.15, -0.1) is 0 Å². The van der Waals surface area contributed by atoms with Crippen LogP contribution >= 0.6 is 0 Å². The molecule has 1 fully saturated rings. The van der Waals surface area contributed by atoms with Gasteiger partial charge in [0.15, 0.2) is 0 Å². The second kappa shape index (κ2) is 7.46. The molecule has 1 aliphatic rings. The first-order chi connectivity index (χ1) is 10.1. The van der Waals surface area contributed by atoms with Gasteiger partial charge in [-0.05, 0) is 50.3 Å². The molecule has 2 rings (SSSR count). The largest absolute Gasteiger partial charge is 0.497 e. The lowest BCUT2D eigenvalue weighted by molar-refractivity contribution is -0.135. The molecule has 0 spiro atoms. The predicted molar refractivity (Wildman–Crippen MR) is 84.3 cm³/mol. The molecule has 1 saturated heterocycles. The van der Waals surface area contributed by atoms with E-state index in [-0.39, 0.29) is 18.0 Å². The van der Waals surface area contributed by atoms with Crippen molar-refractivity contribution >= 4 is 5.91 Å². The Morgan fingerprint density at radius 1 is 1.38 bits per heavy atom. The summed E-state index contributed by atoms with van der Waals surface area (Å²) in [7, 11) is 1.66. The number of carbonyl (C=O) groups is 1. The first-order valence-electron chi connectivity index (χ1n) is 7.80. The Morgan fingerprint density at radius 3 is 2.71 bits per heavy atom. The number of aryl methyl sites for hydroxylation is 1. The standard InChI is InChI=1S/C17H26N2O2/c1-13(18)16-5-3-4-12-19(16)17(20)11-8-14-6-9-15(21-2)10-7-14/h6-7,9-10,13,16H,3-5,8,11-12,18H2,1-2H3. The zero-order valence-corrected chi connectivity index (χ0v) is 13.0. The molecule has 0 aliphatic carbocycles. The van der Waals surface area contributed by atoms with Crippen LogP contribution in [0.4, 0.5) is 0 Å². The molecule has 1 aliphatic heterocycles. The minimum Gasteiger partial charge on any atom is -0.497 e. The zero-order chi connectivity index (χ0) is 15.2. The van der Waals surface area contributed by atoms with E-state index in [9.17, 15) is 4.79 Å². The molecule has 0 radical (unpaired) electrons. The number of likely N-dealkylation sites (tertiary alicyclic amines) is 1. The van der Waals surface area contributed by atoms with E-state index >= 15 is 0 Å². The van der Waals surface area contributed by atoms with Crippen LogP contribution in [0.1, 0.15) is 38.2 Å². The Balaban J connectivity index is 1.90. The number of amides is 1. The lowest BCUT2D eigenvalue weighted by atomic mass is 9.96. The number of ether oxygens (including phenoxy) is 1. The lowest BCUT2D eigenvalue weighted by Gasteiger charge is -2.38. The third kappa shape index (κ3) is 4.21. The Labute approximate surface area is 127 Å². The molecule has 0 bridgehead atoms. The van der Waals surface area contributed by atoms with Gasteiger partial charge in [0.05, 0.1) is 7.11 Å². The van der Waals surface area contributed by atoms with E-state index in [4.69, 9.17) is 10.5 Å². The van der Waals surface area contributed by atoms with Crippen LogP contribution in [-0.2, 0) is 11.2 Å². The molecular weight excluding hydrogens is 264 g/mol. The van der Waals surface area contributed by atoms with Crippen LogP contribution in [0.25, 0.3) is 0 Å². The number of carbonyl (C=O) groups excluding carboxylic acids is 1. The number of piperidine rings is 1. The summed E-state index contributed by atoms with van der Waals surface area (Å²) in [5, 5.41) is 0. The molecule has 21 heavy (non-hydrogen) atoms. The molecule has 0 saturated carbocycles. The number of methoxy groups -OCH3 is 1. The minimum atomic E-state index is 0.0511. The Hall–Kier alpha value is -1.55. The maximum absolute atomic E-state index is 12.5. The highest BCUT2D eigenvalue weighted by Gasteiger charge is 2.28. The van der Waals surface area contributed by atoms with Gasteiger partial charge in [0, 0.05) is 25.0 Å². The van der Waals surface area contributed by atoms with Crippen LogP contribution in [-0.4, -0.2) is 36.5 Å². The van der Waals surface area contributed by atoms with Crippen molar-refractivity contribution in [2.75, 3.05) is 13.7 Å². The maximum atomic E-state index is 12.5. The molecule has 1 aromatic rings. The van der Waals surface area contributed by atoms with Gasteiger partial charge in [-0.3, -0.25) is 4.79 Å². The van der Waals surface area contributed by atoms with Crippen molar-refractivity contribution in [2.45, 2.75) is 51.1 Å². The van der Waals surface area contributed by atoms with E-state index in [1.807, 2.05) is 36.1 Å². The molecule has 4 heteroatoms. The fourth-order valence-electron chi connectivity index (χ4n) is 3.00. The van der Waals surface area contributed by atoms with Crippen molar-refractivity contribution in [1.82, 2.24) is 4.90 Å². The lowest BCUT2D eigenvalue weighted by Crippen LogP contribution is -2.51. The predicted octanol–water partition coefficient (Wildman–Crippen LogP) is 2.36. The van der Waals surface area contributed by atoms with E-state index in [0.29, 0.717) is 6.42 Å². The second-order valence-electron chi connectivity index (χ2n) is 5.86. The number of nitrogens with two attached hydrogens (primary N) is 1. The number of hydrogen-bond acceptors (Lipinski definition) is 3. The van der Waals surface area contributed by atoms with Gasteiger partial charge in [0.2, 0.25) is 5.91 Å². The van der Waals surface area contributed by atoms with Crippen LogP contribution in [0.15, 0.2) is 24.3 Å². The van der Waals surface area contributed by atoms with Crippen LogP contribution in [0.5, 0.6) is 5.75 Å². The van der Waals surface area contributed by atoms with Crippen LogP contribution < -0.4 is 10.5 Å². The third-order valence-electron chi connectivity index (χ3n) is 4.26. The average molecular weight is 290 g/mol. The molecule has 1 amide bonds. The molecule has 0 aromatic heterocycles. The van der Waals surface area contributed by atoms with Crippen molar-refractivity contribution in [3.8, 4) is 5.75 Å². The quantitative estimate of drug-likeness (QED) is 0.905. The second-order valence-corrected chi connectivity index (χ2v) is 5.86. The highest BCUT2D eigenvalue weighted by atomic mass is 16.5. The molecule has 1 aromatic carbocycles. The van der Waals surface area contributed by atoms with Gasteiger partial charge in [0.25, 0.3) is 0 Å². The summed E-state index contributed by atoms with van der Waals surface area (Å²) in [4.78, 5) is 14.5. The normalized spacial score (nSPS) is 20.1. The summed E-state index contributed by atoms with van der Waals surface area (Å²) in [6.45, 7) is 2.85. The summed E-state index contributed by atoms with van der Waals surface area (Å²) in [5.74, 6) is 1.07. The van der Waals surface area contributed by atoms with Crippen LogP contribution in [0.3, 0.4) is 0 Å². The van der Waals surface area contributed by atoms with E-state index < -0.39 is 0 Å². The summed E-state index contributed by atoms with van der Waals surface area (Å²) in [6.07, 6.45) is 4.62. The minimum absolute atomic E-state index is 0.0511. The van der Waals surface area contributed by atoms with Crippen molar-refractivity contribution in [2.24, 2.45) is 5.73 Å². The van der Waals surface area contributed by atoms with Crippen LogP contribution in [0.2, 0.25) is 0 Å². The van der Waals surface area contributed by atoms with Crippen molar-refractivity contribution < 1.29 is 9.53 Å². The summed E-state index contributed by atoms with van der Waals surface area (Å²) >= 11 is 0. The van der Waals surface area contributed by atoms with Gasteiger partial charge in [0.1, 0.15) is 5.75 Å². The van der Waals surface area contributed by atoms with Gasteiger partial charge in [-0.25, -0.2) is 0 Å². The molecular formula is C17H26N2O2. The van der Waals surface area contributed by atoms with Gasteiger partial charge >= 0.3 is 0 Å². The summed E-state index contributed by atoms with van der Waals surface area (Å²) < 4.78 is 5.14. The Morgan fingerprint density at radius 2 is 2.10 bits per heavy atom. The van der Waals surface area contributed by atoms with E-state index in [1.165, 1.54) is 12.0 Å². The Bertz CT molecular complexity index is 456. The van der Waals surface area contributed by atoms with E-state index in [1.54, 1.807) is 7.11 Å². The monoisotopic (exact) mass is 290 g/mol. The molecule has 2 N–H and O–H groups in total. The topological polar surface area (TPSA) is 55.6 Å².